The Balaban J connectivity index is 1.28. The molecule has 0 aromatic heterocycles. The van der Waals surface area contributed by atoms with Gasteiger partial charge in [0.1, 0.15) is 11.7 Å². The highest BCUT2D eigenvalue weighted by Crippen LogP contribution is 2.77. The van der Waals surface area contributed by atoms with E-state index in [0.29, 0.717) is 12.0 Å². The summed E-state index contributed by atoms with van der Waals surface area (Å²) in [5, 5.41) is 11.9. The quantitative estimate of drug-likeness (QED) is 0.588. The average Bonchev–Trinajstić information content (AvgIpc) is 3.42. The van der Waals surface area contributed by atoms with Gasteiger partial charge < -0.3 is 19.3 Å². The summed E-state index contributed by atoms with van der Waals surface area (Å²) >= 11 is 0. The largest absolute Gasteiger partial charge is 0.493 e. The van der Waals surface area contributed by atoms with Crippen LogP contribution in [0.2, 0.25) is 0 Å². The second-order valence-corrected chi connectivity index (χ2v) is 13.6. The third kappa shape index (κ3) is 2.63. The summed E-state index contributed by atoms with van der Waals surface area (Å²) in [5.74, 6) is 3.58. The third-order valence-corrected chi connectivity index (χ3v) is 12.4. The van der Waals surface area contributed by atoms with Crippen molar-refractivity contribution in [2.75, 3.05) is 27.3 Å². The molecule has 2 aliphatic heterocycles. The van der Waals surface area contributed by atoms with Crippen LogP contribution < -0.4 is 9.47 Å². The van der Waals surface area contributed by atoms with Crippen molar-refractivity contribution in [3.63, 3.8) is 0 Å². The van der Waals surface area contributed by atoms with Gasteiger partial charge in [-0.15, -0.1) is 0 Å². The number of rotatable bonds is 7. The van der Waals surface area contributed by atoms with Crippen LogP contribution in [0.5, 0.6) is 11.5 Å². The molecule has 6 aliphatic carbocycles. The standard InChI is InChI=1S/C31H43NO4/c1-34-24-10-9-21-16-25-29-11-12-31(35-2,22(17-29)23(33)15-19-5-3-4-6-19)28-30(29,26(21)27(24)36-28)13-14-32(25)18-20-7-8-20/h9-10,19-20,22-23,25,28,33H,3-8,11-18H2,1-2H3/t22-,23+,25-,28-,29-,30+,31-/m1/s1. The topological polar surface area (TPSA) is 51.2 Å². The van der Waals surface area contributed by atoms with E-state index in [1.54, 1.807) is 7.11 Å². The molecule has 2 spiro atoms. The van der Waals surface area contributed by atoms with Gasteiger partial charge in [-0.2, -0.15) is 0 Å². The van der Waals surface area contributed by atoms with Gasteiger partial charge in [-0.1, -0.05) is 31.7 Å². The van der Waals surface area contributed by atoms with E-state index < -0.39 is 5.60 Å². The van der Waals surface area contributed by atoms with Crippen LogP contribution in [0.4, 0.5) is 0 Å². The lowest BCUT2D eigenvalue weighted by molar-refractivity contribution is -0.291. The van der Waals surface area contributed by atoms with Gasteiger partial charge in [0.2, 0.25) is 0 Å². The summed E-state index contributed by atoms with van der Waals surface area (Å²) < 4.78 is 19.6. The predicted molar refractivity (Wildman–Crippen MR) is 138 cm³/mol. The molecular weight excluding hydrogens is 450 g/mol. The van der Waals surface area contributed by atoms with Gasteiger partial charge in [0.05, 0.1) is 13.2 Å². The second kappa shape index (κ2) is 7.64. The molecule has 1 aromatic carbocycles. The molecule has 5 nitrogen and oxygen atoms in total. The number of piperidine rings is 1. The molecule has 1 N–H and O–H groups in total. The summed E-state index contributed by atoms with van der Waals surface area (Å²) in [5.41, 5.74) is 2.64. The Morgan fingerprint density at radius 1 is 1.08 bits per heavy atom. The summed E-state index contributed by atoms with van der Waals surface area (Å²) in [7, 11) is 3.67. The molecule has 8 aliphatic rings. The van der Waals surface area contributed by atoms with Crippen LogP contribution in [-0.2, 0) is 16.6 Å². The highest BCUT2D eigenvalue weighted by atomic mass is 16.6. The highest BCUT2D eigenvalue weighted by molar-refractivity contribution is 5.63. The maximum absolute atomic E-state index is 11.9. The van der Waals surface area contributed by atoms with Gasteiger partial charge in [0.15, 0.2) is 11.5 Å². The van der Waals surface area contributed by atoms with Crippen LogP contribution in [0.25, 0.3) is 0 Å². The molecule has 7 atom stereocenters. The number of methoxy groups -OCH3 is 2. The van der Waals surface area contributed by atoms with Crippen LogP contribution in [0.3, 0.4) is 0 Å². The van der Waals surface area contributed by atoms with E-state index in [-0.39, 0.29) is 29.0 Å². The minimum Gasteiger partial charge on any atom is -0.493 e. The summed E-state index contributed by atoms with van der Waals surface area (Å²) in [6.45, 7) is 2.42. The number of nitrogens with zero attached hydrogens (tertiary/aromatic N) is 1. The van der Waals surface area contributed by atoms with Gasteiger partial charge in [-0.05, 0) is 81.4 Å². The predicted octanol–water partition coefficient (Wildman–Crippen LogP) is 4.86. The monoisotopic (exact) mass is 493 g/mol. The van der Waals surface area contributed by atoms with Gasteiger partial charge >= 0.3 is 0 Å². The number of aliphatic hydroxyl groups excluding tert-OH is 1. The fourth-order valence-corrected chi connectivity index (χ4v) is 10.8. The normalized spacial score (nSPS) is 43.4. The first-order valence-electron chi connectivity index (χ1n) is 14.9. The molecule has 4 bridgehead atoms. The van der Waals surface area contributed by atoms with E-state index >= 15 is 0 Å². The molecule has 36 heavy (non-hydrogen) atoms. The number of aliphatic hydroxyl groups is 1. The minimum absolute atomic E-state index is 0.0208. The number of hydrogen-bond donors (Lipinski definition) is 1. The smallest absolute Gasteiger partial charge is 0.165 e. The van der Waals surface area contributed by atoms with E-state index in [1.807, 2.05) is 7.11 Å². The Bertz CT molecular complexity index is 1060. The number of ether oxygens (including phenoxy) is 3. The highest BCUT2D eigenvalue weighted by Gasteiger charge is 2.81. The molecule has 6 fully saturated rings. The minimum atomic E-state index is -0.429. The van der Waals surface area contributed by atoms with Crippen molar-refractivity contribution >= 4 is 0 Å². The molecule has 1 saturated heterocycles. The number of fused-ring (bicyclic) bond motifs is 2. The lowest BCUT2D eigenvalue weighted by Gasteiger charge is -2.74. The van der Waals surface area contributed by atoms with Crippen LogP contribution in [-0.4, -0.2) is 61.2 Å². The van der Waals surface area contributed by atoms with Gasteiger partial charge in [-0.3, -0.25) is 4.90 Å². The summed E-state index contributed by atoms with van der Waals surface area (Å²) in [6, 6.07) is 5.01. The van der Waals surface area contributed by atoms with Crippen LogP contribution in [0.15, 0.2) is 12.1 Å². The SMILES string of the molecule is COc1ccc2c3c1O[C@H]1[C@@]4(OC)CC[C@@]5(C[C@@H]4[C@@H](O)CC4CCCC4)[C@@H](C2)N(CC2CC2)CC[C@]315. The number of benzene rings is 1. The zero-order chi connectivity index (χ0) is 24.3. The van der Waals surface area contributed by atoms with Crippen LogP contribution in [0, 0.1) is 23.2 Å². The van der Waals surface area contributed by atoms with Crippen molar-refractivity contribution in [1.29, 1.82) is 0 Å². The average molecular weight is 494 g/mol. The van der Waals surface area contributed by atoms with Gasteiger partial charge in [0.25, 0.3) is 0 Å². The second-order valence-electron chi connectivity index (χ2n) is 13.6. The van der Waals surface area contributed by atoms with Crippen molar-refractivity contribution in [3.8, 4) is 11.5 Å². The maximum Gasteiger partial charge on any atom is 0.165 e. The maximum atomic E-state index is 11.9. The molecular formula is C31H43NO4. The molecule has 5 heteroatoms. The van der Waals surface area contributed by atoms with Crippen LogP contribution in [0.1, 0.15) is 81.8 Å². The Morgan fingerprint density at radius 3 is 2.67 bits per heavy atom. The van der Waals surface area contributed by atoms with Gasteiger partial charge in [-0.25, -0.2) is 0 Å². The fourth-order valence-electron chi connectivity index (χ4n) is 10.8. The molecule has 9 rings (SSSR count). The van der Waals surface area contributed by atoms with Crippen molar-refractivity contribution < 1.29 is 19.3 Å². The molecule has 2 heterocycles. The van der Waals surface area contributed by atoms with Crippen molar-refractivity contribution in [2.24, 2.45) is 23.2 Å². The van der Waals surface area contributed by atoms with Gasteiger partial charge in [0, 0.05) is 42.0 Å². The van der Waals surface area contributed by atoms with Crippen molar-refractivity contribution in [1.82, 2.24) is 4.90 Å². The Kier molecular flexibility index (Phi) is 4.81. The number of hydrogen-bond acceptors (Lipinski definition) is 5. The Labute approximate surface area is 215 Å². The van der Waals surface area contributed by atoms with E-state index in [1.165, 1.54) is 62.6 Å². The zero-order valence-electron chi connectivity index (χ0n) is 22.1. The van der Waals surface area contributed by atoms with E-state index in [9.17, 15) is 5.11 Å². The van der Waals surface area contributed by atoms with E-state index in [2.05, 4.69) is 17.0 Å². The first-order valence-corrected chi connectivity index (χ1v) is 14.9. The number of likely N-dealkylation sites (tertiary alicyclic amines) is 1. The third-order valence-electron chi connectivity index (χ3n) is 12.4. The van der Waals surface area contributed by atoms with Crippen LogP contribution >= 0.6 is 0 Å². The van der Waals surface area contributed by atoms with E-state index in [0.717, 1.165) is 56.1 Å². The molecule has 0 amide bonds. The fraction of sp³-hybridized carbons (Fsp3) is 0.806. The molecule has 5 saturated carbocycles. The molecule has 1 aromatic rings. The lowest BCUT2D eigenvalue weighted by atomic mass is 9.34. The first-order chi connectivity index (χ1) is 17.6. The van der Waals surface area contributed by atoms with E-state index in [4.69, 9.17) is 14.2 Å². The van der Waals surface area contributed by atoms with Crippen molar-refractivity contribution in [2.45, 2.75) is 106 Å². The first kappa shape index (κ1) is 22.7. The molecule has 0 unspecified atom stereocenters. The Morgan fingerprint density at radius 2 is 1.92 bits per heavy atom. The molecule has 196 valence electrons. The van der Waals surface area contributed by atoms with Crippen molar-refractivity contribution in [3.05, 3.63) is 23.3 Å². The lowest BCUT2D eigenvalue weighted by Crippen LogP contribution is -2.81. The summed E-state index contributed by atoms with van der Waals surface area (Å²) in [6.07, 6.45) is 14.1. The molecule has 0 radical (unpaired) electrons. The Hall–Kier alpha value is -1.30. The zero-order valence-corrected chi connectivity index (χ0v) is 22.1. The summed E-state index contributed by atoms with van der Waals surface area (Å²) in [4.78, 5) is 2.89.